The molecule has 1 aromatic heterocycles. The first-order valence-electron chi connectivity index (χ1n) is 4.46. The van der Waals surface area contributed by atoms with Gasteiger partial charge in [-0.1, -0.05) is 5.16 Å². The molecule has 5 nitrogen and oxygen atoms in total. The number of nitrogens with one attached hydrogen (secondary N) is 1. The highest BCUT2D eigenvalue weighted by molar-refractivity contribution is 7.99. The maximum Gasteiger partial charge on any atom is 0.253 e. The summed E-state index contributed by atoms with van der Waals surface area (Å²) in [7, 11) is 1.41. The molecule has 0 aliphatic heterocycles. The number of thioether (sulfide) groups is 1. The van der Waals surface area contributed by atoms with Crippen LogP contribution >= 0.6 is 11.8 Å². The Morgan fingerprint density at radius 2 is 2.33 bits per heavy atom. The predicted octanol–water partition coefficient (Wildman–Crippen LogP) is 1.20. The van der Waals surface area contributed by atoms with Crippen molar-refractivity contribution < 1.29 is 14.2 Å². The van der Waals surface area contributed by atoms with Gasteiger partial charge >= 0.3 is 0 Å². The van der Waals surface area contributed by atoms with E-state index in [2.05, 4.69) is 15.5 Å². The minimum Gasteiger partial charge on any atom is -0.361 e. The average molecular weight is 230 g/mol. The van der Waals surface area contributed by atoms with Crippen LogP contribution in [0.15, 0.2) is 4.52 Å². The van der Waals surface area contributed by atoms with Crippen LogP contribution in [0.3, 0.4) is 0 Å². The van der Waals surface area contributed by atoms with Crippen LogP contribution in [-0.4, -0.2) is 23.9 Å². The monoisotopic (exact) mass is 230 g/mol. The summed E-state index contributed by atoms with van der Waals surface area (Å²) < 4.78 is 5.01. The second-order valence-corrected chi connectivity index (χ2v) is 4.01. The lowest BCUT2D eigenvalue weighted by molar-refractivity contribution is -0.128. The van der Waals surface area contributed by atoms with Crippen LogP contribution in [-0.2, 0) is 15.4 Å². The molecule has 15 heavy (non-hydrogen) atoms. The molecule has 0 radical (unpaired) electrons. The van der Waals surface area contributed by atoms with Crippen LogP contribution in [0.4, 0.5) is 0 Å². The molecule has 1 rings (SSSR count). The summed E-state index contributed by atoms with van der Waals surface area (Å²) in [5.41, 5.74) is 4.20. The molecule has 0 aromatic carbocycles. The first kappa shape index (κ1) is 12.1. The van der Waals surface area contributed by atoms with Crippen molar-refractivity contribution >= 4 is 17.7 Å². The Bertz CT molecular complexity index is 319. The number of aromatic nitrogens is 1. The maximum absolute atomic E-state index is 11.0. The molecular formula is C9H14N2O3S. The van der Waals surface area contributed by atoms with Gasteiger partial charge in [-0.3, -0.25) is 9.63 Å². The Hall–Kier alpha value is -1.01. The number of rotatable bonds is 5. The Kier molecular flexibility index (Phi) is 4.64. The van der Waals surface area contributed by atoms with Gasteiger partial charge in [-0.15, -0.1) is 11.8 Å². The SMILES string of the molecule is CONC(=O)CSCc1c(C)noc1C. The van der Waals surface area contributed by atoms with Crippen LogP contribution in [0.25, 0.3) is 0 Å². The third-order valence-corrected chi connectivity index (χ3v) is 2.84. The molecule has 0 spiro atoms. The highest BCUT2D eigenvalue weighted by Crippen LogP contribution is 2.18. The number of carbonyl (C=O) groups is 1. The van der Waals surface area contributed by atoms with Crippen molar-refractivity contribution in [3.05, 3.63) is 17.0 Å². The summed E-state index contributed by atoms with van der Waals surface area (Å²) in [4.78, 5) is 15.5. The molecule has 1 amide bonds. The minimum absolute atomic E-state index is 0.144. The van der Waals surface area contributed by atoms with Crippen LogP contribution in [0.5, 0.6) is 0 Å². The van der Waals surface area contributed by atoms with Gasteiger partial charge in [-0.05, 0) is 13.8 Å². The van der Waals surface area contributed by atoms with Crippen molar-refractivity contribution in [2.24, 2.45) is 0 Å². The maximum atomic E-state index is 11.0. The van der Waals surface area contributed by atoms with Crippen molar-refractivity contribution in [2.75, 3.05) is 12.9 Å². The van der Waals surface area contributed by atoms with Crippen molar-refractivity contribution in [1.82, 2.24) is 10.6 Å². The lowest BCUT2D eigenvalue weighted by Gasteiger charge is -2.01. The summed E-state index contributed by atoms with van der Waals surface area (Å²) in [6.45, 7) is 3.76. The third kappa shape index (κ3) is 3.56. The number of amides is 1. The molecule has 84 valence electrons. The number of hydrogen-bond donors (Lipinski definition) is 1. The molecule has 0 aliphatic carbocycles. The van der Waals surface area contributed by atoms with Gasteiger partial charge < -0.3 is 4.52 Å². The highest BCUT2D eigenvalue weighted by atomic mass is 32.2. The summed E-state index contributed by atoms with van der Waals surface area (Å²) in [6, 6.07) is 0. The Balaban J connectivity index is 2.35. The molecule has 0 atom stereocenters. The Morgan fingerprint density at radius 1 is 1.60 bits per heavy atom. The van der Waals surface area contributed by atoms with E-state index in [4.69, 9.17) is 4.52 Å². The van der Waals surface area contributed by atoms with Crippen LogP contribution < -0.4 is 5.48 Å². The average Bonchev–Trinajstić information content (AvgIpc) is 2.49. The van der Waals surface area contributed by atoms with Gasteiger partial charge in [0.25, 0.3) is 5.91 Å². The van der Waals surface area contributed by atoms with E-state index in [-0.39, 0.29) is 5.91 Å². The molecule has 0 unspecified atom stereocenters. The van der Waals surface area contributed by atoms with Gasteiger partial charge in [0.15, 0.2) is 0 Å². The van der Waals surface area contributed by atoms with Crippen molar-refractivity contribution in [2.45, 2.75) is 19.6 Å². The molecule has 0 bridgehead atoms. The van der Waals surface area contributed by atoms with Gasteiger partial charge in [0.2, 0.25) is 0 Å². The van der Waals surface area contributed by atoms with E-state index < -0.39 is 0 Å². The van der Waals surface area contributed by atoms with Gasteiger partial charge in [0.05, 0.1) is 18.6 Å². The molecule has 0 fully saturated rings. The largest absolute Gasteiger partial charge is 0.361 e. The molecule has 0 saturated heterocycles. The van der Waals surface area contributed by atoms with Gasteiger partial charge in [-0.25, -0.2) is 5.48 Å². The van der Waals surface area contributed by atoms with Gasteiger partial charge in [0, 0.05) is 11.3 Å². The predicted molar refractivity (Wildman–Crippen MR) is 57.3 cm³/mol. The van der Waals surface area contributed by atoms with Crippen LogP contribution in [0, 0.1) is 13.8 Å². The van der Waals surface area contributed by atoms with E-state index >= 15 is 0 Å². The minimum atomic E-state index is -0.144. The quantitative estimate of drug-likeness (QED) is 0.770. The second-order valence-electron chi connectivity index (χ2n) is 3.02. The molecule has 1 heterocycles. The Labute approximate surface area is 92.5 Å². The number of hydrogen-bond acceptors (Lipinski definition) is 5. The molecule has 0 saturated carbocycles. The topological polar surface area (TPSA) is 64.4 Å². The first-order valence-corrected chi connectivity index (χ1v) is 5.62. The van der Waals surface area contributed by atoms with E-state index in [0.717, 1.165) is 22.8 Å². The summed E-state index contributed by atoms with van der Waals surface area (Å²) >= 11 is 1.50. The molecule has 1 aromatic rings. The highest BCUT2D eigenvalue weighted by Gasteiger charge is 2.09. The number of hydroxylamine groups is 1. The summed E-state index contributed by atoms with van der Waals surface area (Å²) in [5, 5.41) is 3.84. The van der Waals surface area contributed by atoms with Crippen LogP contribution in [0.2, 0.25) is 0 Å². The lowest BCUT2D eigenvalue weighted by Crippen LogP contribution is -2.23. The fourth-order valence-electron chi connectivity index (χ4n) is 1.10. The lowest BCUT2D eigenvalue weighted by atomic mass is 10.2. The standard InChI is InChI=1S/C9H14N2O3S/c1-6-8(7(2)14-10-6)4-15-5-9(12)11-13-3/h4-5H2,1-3H3,(H,11,12). The zero-order valence-corrected chi connectivity index (χ0v) is 9.81. The molecule has 6 heteroatoms. The molecule has 1 N–H and O–H groups in total. The van der Waals surface area contributed by atoms with E-state index in [1.54, 1.807) is 0 Å². The fourth-order valence-corrected chi connectivity index (χ4v) is 2.06. The van der Waals surface area contributed by atoms with Gasteiger partial charge in [0.1, 0.15) is 5.76 Å². The zero-order chi connectivity index (χ0) is 11.3. The van der Waals surface area contributed by atoms with Crippen molar-refractivity contribution in [3.63, 3.8) is 0 Å². The normalized spacial score (nSPS) is 10.3. The number of aryl methyl sites for hydroxylation is 2. The number of carbonyl (C=O) groups excluding carboxylic acids is 1. The number of nitrogens with zero attached hydrogens (tertiary/aromatic N) is 1. The van der Waals surface area contributed by atoms with E-state index in [1.165, 1.54) is 18.9 Å². The molecular weight excluding hydrogens is 216 g/mol. The third-order valence-electron chi connectivity index (χ3n) is 1.88. The summed E-state index contributed by atoms with van der Waals surface area (Å²) in [5.74, 6) is 1.75. The van der Waals surface area contributed by atoms with Gasteiger partial charge in [-0.2, -0.15) is 0 Å². The van der Waals surface area contributed by atoms with E-state index in [9.17, 15) is 4.79 Å². The fraction of sp³-hybridized carbons (Fsp3) is 0.556. The van der Waals surface area contributed by atoms with E-state index in [1.807, 2.05) is 13.8 Å². The first-order chi connectivity index (χ1) is 7.15. The summed E-state index contributed by atoms with van der Waals surface area (Å²) in [6.07, 6.45) is 0. The van der Waals surface area contributed by atoms with E-state index in [0.29, 0.717) is 5.75 Å². The smallest absolute Gasteiger partial charge is 0.253 e. The van der Waals surface area contributed by atoms with Crippen molar-refractivity contribution in [1.29, 1.82) is 0 Å². The second kappa shape index (κ2) is 5.77. The van der Waals surface area contributed by atoms with Crippen LogP contribution in [0.1, 0.15) is 17.0 Å². The van der Waals surface area contributed by atoms with Crippen molar-refractivity contribution in [3.8, 4) is 0 Å². The zero-order valence-electron chi connectivity index (χ0n) is 8.99. The molecule has 0 aliphatic rings. The Morgan fingerprint density at radius 3 is 2.87 bits per heavy atom.